The van der Waals surface area contributed by atoms with Crippen LogP contribution in [0.2, 0.25) is 0 Å². The van der Waals surface area contributed by atoms with Crippen LogP contribution in [0.15, 0.2) is 6.07 Å². The van der Waals surface area contributed by atoms with Gasteiger partial charge in [0.2, 0.25) is 0 Å². The average Bonchev–Trinajstić information content (AvgIpc) is 2.32. The van der Waals surface area contributed by atoms with Gasteiger partial charge in [-0.2, -0.15) is 10.2 Å². The Morgan fingerprint density at radius 1 is 1.47 bits per heavy atom. The number of amides is 1. The summed E-state index contributed by atoms with van der Waals surface area (Å²) in [7, 11) is 0. The predicted octanol–water partition coefficient (Wildman–Crippen LogP) is 0.984. The monoisotopic (exact) mass is 237 g/mol. The number of nitrogens with zero attached hydrogens (tertiary/aromatic N) is 2. The van der Waals surface area contributed by atoms with E-state index < -0.39 is 5.54 Å². The second kappa shape index (κ2) is 5.23. The van der Waals surface area contributed by atoms with Gasteiger partial charge in [-0.15, -0.1) is 0 Å². The zero-order valence-electron chi connectivity index (χ0n) is 10.7. The molecule has 0 aliphatic heterocycles. The molecule has 0 spiro atoms. The smallest absolute Gasteiger partial charge is 0.253 e. The Morgan fingerprint density at radius 3 is 2.65 bits per heavy atom. The van der Waals surface area contributed by atoms with Crippen LogP contribution in [-0.4, -0.2) is 33.4 Å². The first kappa shape index (κ1) is 13.6. The molecule has 17 heavy (non-hydrogen) atoms. The zero-order valence-corrected chi connectivity index (χ0v) is 10.7. The minimum absolute atomic E-state index is 0.0915. The first-order chi connectivity index (χ1) is 7.91. The Labute approximate surface area is 101 Å². The Kier molecular flexibility index (Phi) is 4.17. The molecule has 1 atom stereocenters. The van der Waals surface area contributed by atoms with Crippen molar-refractivity contribution < 1.29 is 9.90 Å². The number of aliphatic hydroxyl groups is 1. The number of carbonyl (C=O) groups excluding carboxylic acids is 1. The van der Waals surface area contributed by atoms with Gasteiger partial charge in [0.1, 0.15) is 0 Å². The summed E-state index contributed by atoms with van der Waals surface area (Å²) in [6.45, 7) is 7.16. The maximum atomic E-state index is 12.1. The molecule has 1 aromatic rings. The average molecular weight is 237 g/mol. The van der Waals surface area contributed by atoms with Gasteiger partial charge in [-0.1, -0.05) is 6.92 Å². The van der Waals surface area contributed by atoms with Crippen molar-refractivity contribution in [1.29, 1.82) is 0 Å². The van der Waals surface area contributed by atoms with Crippen molar-refractivity contribution in [2.45, 2.75) is 39.7 Å². The van der Waals surface area contributed by atoms with Gasteiger partial charge in [-0.05, 0) is 33.3 Å². The van der Waals surface area contributed by atoms with Gasteiger partial charge in [-0.3, -0.25) is 4.79 Å². The van der Waals surface area contributed by atoms with E-state index >= 15 is 0 Å². The summed E-state index contributed by atoms with van der Waals surface area (Å²) in [5, 5.41) is 19.9. The molecule has 0 saturated carbocycles. The molecule has 0 bridgehead atoms. The van der Waals surface area contributed by atoms with Crippen LogP contribution in [0.5, 0.6) is 0 Å². The number of hydrogen-bond acceptors (Lipinski definition) is 4. The fourth-order valence-electron chi connectivity index (χ4n) is 1.36. The van der Waals surface area contributed by atoms with E-state index in [0.29, 0.717) is 23.4 Å². The number of rotatable bonds is 4. The molecule has 1 aromatic heterocycles. The molecule has 94 valence electrons. The van der Waals surface area contributed by atoms with Crippen molar-refractivity contribution in [1.82, 2.24) is 15.5 Å². The second-order valence-corrected chi connectivity index (χ2v) is 4.51. The normalized spacial score (nSPS) is 14.2. The minimum Gasteiger partial charge on any atom is -0.394 e. The van der Waals surface area contributed by atoms with E-state index in [1.807, 2.05) is 13.8 Å². The van der Waals surface area contributed by atoms with E-state index in [4.69, 9.17) is 0 Å². The van der Waals surface area contributed by atoms with Gasteiger partial charge in [0.25, 0.3) is 5.91 Å². The van der Waals surface area contributed by atoms with Crippen molar-refractivity contribution in [3.63, 3.8) is 0 Å². The molecule has 0 fully saturated rings. The molecule has 0 radical (unpaired) electrons. The molecule has 0 aliphatic carbocycles. The lowest BCUT2D eigenvalue weighted by Crippen LogP contribution is -2.48. The Bertz CT molecular complexity index is 414. The summed E-state index contributed by atoms with van der Waals surface area (Å²) in [6.07, 6.45) is 0.659. The molecule has 5 nitrogen and oxygen atoms in total. The van der Waals surface area contributed by atoms with Gasteiger partial charge in [-0.25, -0.2) is 0 Å². The Balaban J connectivity index is 2.94. The van der Waals surface area contributed by atoms with Crippen molar-refractivity contribution >= 4 is 5.91 Å². The van der Waals surface area contributed by atoms with E-state index in [9.17, 15) is 9.90 Å². The number of hydrogen-bond donors (Lipinski definition) is 2. The molecular formula is C12H19N3O2. The van der Waals surface area contributed by atoms with Crippen LogP contribution in [0, 0.1) is 13.8 Å². The molecule has 1 unspecified atom stereocenters. The van der Waals surface area contributed by atoms with Gasteiger partial charge >= 0.3 is 0 Å². The minimum atomic E-state index is -0.597. The molecule has 5 heteroatoms. The van der Waals surface area contributed by atoms with Gasteiger partial charge < -0.3 is 10.4 Å². The number of aromatic nitrogens is 2. The predicted molar refractivity (Wildman–Crippen MR) is 64.8 cm³/mol. The quantitative estimate of drug-likeness (QED) is 0.818. The largest absolute Gasteiger partial charge is 0.394 e. The molecule has 0 aromatic carbocycles. The van der Waals surface area contributed by atoms with E-state index in [0.717, 1.165) is 0 Å². The summed E-state index contributed by atoms with van der Waals surface area (Å²) < 4.78 is 0. The topological polar surface area (TPSA) is 75.1 Å². The van der Waals surface area contributed by atoms with Crippen molar-refractivity contribution in [2.75, 3.05) is 6.61 Å². The third-order valence-corrected chi connectivity index (χ3v) is 2.89. The number of carbonyl (C=O) groups is 1. The highest BCUT2D eigenvalue weighted by Gasteiger charge is 2.24. The van der Waals surface area contributed by atoms with Crippen LogP contribution in [0.3, 0.4) is 0 Å². The maximum absolute atomic E-state index is 12.1. The van der Waals surface area contributed by atoms with Crippen molar-refractivity contribution in [2.24, 2.45) is 0 Å². The van der Waals surface area contributed by atoms with E-state index in [1.54, 1.807) is 19.9 Å². The molecule has 1 heterocycles. The van der Waals surface area contributed by atoms with Crippen LogP contribution in [-0.2, 0) is 0 Å². The first-order valence-corrected chi connectivity index (χ1v) is 5.66. The van der Waals surface area contributed by atoms with E-state index in [-0.39, 0.29) is 12.5 Å². The summed E-state index contributed by atoms with van der Waals surface area (Å²) in [5.41, 5.74) is 1.19. The van der Waals surface area contributed by atoms with Gasteiger partial charge in [0.05, 0.1) is 29.1 Å². The standard InChI is InChI=1S/C12H19N3O2/c1-5-12(4,7-16)13-11(17)10-6-8(2)14-15-9(10)3/h6,16H,5,7H2,1-4H3,(H,13,17). The molecule has 0 aliphatic rings. The highest BCUT2D eigenvalue weighted by atomic mass is 16.3. The van der Waals surface area contributed by atoms with Crippen molar-refractivity contribution in [3.8, 4) is 0 Å². The lowest BCUT2D eigenvalue weighted by Gasteiger charge is -2.27. The fourth-order valence-corrected chi connectivity index (χ4v) is 1.36. The van der Waals surface area contributed by atoms with Gasteiger partial charge in [0.15, 0.2) is 0 Å². The van der Waals surface area contributed by atoms with Crippen LogP contribution >= 0.6 is 0 Å². The maximum Gasteiger partial charge on any atom is 0.253 e. The highest BCUT2D eigenvalue weighted by Crippen LogP contribution is 2.11. The van der Waals surface area contributed by atoms with E-state index in [2.05, 4.69) is 15.5 Å². The molecule has 1 amide bonds. The highest BCUT2D eigenvalue weighted by molar-refractivity contribution is 5.95. The van der Waals surface area contributed by atoms with Crippen LogP contribution < -0.4 is 5.32 Å². The van der Waals surface area contributed by atoms with Crippen LogP contribution in [0.4, 0.5) is 0 Å². The Hall–Kier alpha value is -1.49. The fraction of sp³-hybridized carbons (Fsp3) is 0.583. The summed E-state index contributed by atoms with van der Waals surface area (Å²) in [6, 6.07) is 1.70. The van der Waals surface area contributed by atoms with E-state index in [1.165, 1.54) is 0 Å². The number of aliphatic hydroxyl groups excluding tert-OH is 1. The molecular weight excluding hydrogens is 218 g/mol. The third kappa shape index (κ3) is 3.23. The second-order valence-electron chi connectivity index (χ2n) is 4.51. The lowest BCUT2D eigenvalue weighted by molar-refractivity contribution is 0.0846. The molecule has 0 saturated heterocycles. The first-order valence-electron chi connectivity index (χ1n) is 5.66. The zero-order chi connectivity index (χ0) is 13.1. The van der Waals surface area contributed by atoms with Crippen LogP contribution in [0.25, 0.3) is 0 Å². The molecule has 2 N–H and O–H groups in total. The summed E-state index contributed by atoms with van der Waals surface area (Å²) in [4.78, 5) is 12.1. The van der Waals surface area contributed by atoms with Crippen molar-refractivity contribution in [3.05, 3.63) is 23.0 Å². The number of nitrogens with one attached hydrogen (secondary N) is 1. The molecule has 1 rings (SSSR count). The van der Waals surface area contributed by atoms with Crippen LogP contribution in [0.1, 0.15) is 42.0 Å². The SMILES string of the molecule is CCC(C)(CO)NC(=O)c1cc(C)nnc1C. The summed E-state index contributed by atoms with van der Waals surface area (Å²) >= 11 is 0. The Morgan fingerprint density at radius 2 is 2.12 bits per heavy atom. The number of aryl methyl sites for hydroxylation is 2. The van der Waals surface area contributed by atoms with Gasteiger partial charge in [0, 0.05) is 0 Å². The third-order valence-electron chi connectivity index (χ3n) is 2.89. The lowest BCUT2D eigenvalue weighted by atomic mass is 9.99. The summed E-state index contributed by atoms with van der Waals surface area (Å²) in [5.74, 6) is -0.223.